The molecule has 0 aliphatic heterocycles. The maximum absolute atomic E-state index is 11.7. The lowest BCUT2D eigenvalue weighted by molar-refractivity contribution is 0.0697. The molecule has 0 saturated carbocycles. The molecule has 21 heavy (non-hydrogen) atoms. The number of fused-ring (bicyclic) bond motifs is 1. The maximum atomic E-state index is 11.7. The minimum Gasteiger partial charge on any atom is -0.478 e. The van der Waals surface area contributed by atoms with Crippen LogP contribution in [0.1, 0.15) is 10.4 Å². The van der Waals surface area contributed by atoms with Gasteiger partial charge in [-0.1, -0.05) is 11.3 Å². The number of aromatic nitrogens is 1. The van der Waals surface area contributed by atoms with Gasteiger partial charge in [0.25, 0.3) is 0 Å². The summed E-state index contributed by atoms with van der Waals surface area (Å²) in [6, 6.07) is 4.40. The molecule has 8 nitrogen and oxygen atoms in total. The average Bonchev–Trinajstić information content (AvgIpc) is 2.78. The van der Waals surface area contributed by atoms with Crippen molar-refractivity contribution in [2.45, 2.75) is 0 Å². The molecule has 2 aromatic rings. The van der Waals surface area contributed by atoms with E-state index in [-0.39, 0.29) is 23.8 Å². The molecule has 1 heterocycles. The van der Waals surface area contributed by atoms with Gasteiger partial charge in [-0.2, -0.15) is 13.1 Å². The van der Waals surface area contributed by atoms with Crippen molar-refractivity contribution in [3.8, 4) is 0 Å². The molecule has 0 atom stereocenters. The first kappa shape index (κ1) is 15.6. The van der Waals surface area contributed by atoms with E-state index in [1.165, 1.54) is 25.3 Å². The number of carbonyl (C=O) groups is 1. The second-order valence-electron chi connectivity index (χ2n) is 4.00. The third-order valence-electron chi connectivity index (χ3n) is 2.46. The number of aromatic carboxylic acids is 1. The molecule has 114 valence electrons. The fourth-order valence-corrected chi connectivity index (χ4v) is 3.48. The van der Waals surface area contributed by atoms with Crippen molar-refractivity contribution in [1.82, 2.24) is 9.71 Å². The Morgan fingerprint density at radius 2 is 2.24 bits per heavy atom. The Kier molecular flexibility index (Phi) is 4.73. The van der Waals surface area contributed by atoms with E-state index in [4.69, 9.17) is 9.84 Å². The van der Waals surface area contributed by atoms with Crippen LogP contribution < -0.4 is 9.44 Å². The number of hydrogen-bond acceptors (Lipinski definition) is 6. The van der Waals surface area contributed by atoms with Gasteiger partial charge < -0.3 is 9.84 Å². The molecule has 0 unspecified atom stereocenters. The van der Waals surface area contributed by atoms with Gasteiger partial charge in [-0.25, -0.2) is 14.5 Å². The number of nitrogens with one attached hydrogen (secondary N) is 2. The lowest BCUT2D eigenvalue weighted by Crippen LogP contribution is -2.32. The Morgan fingerprint density at radius 1 is 1.48 bits per heavy atom. The van der Waals surface area contributed by atoms with Gasteiger partial charge >= 0.3 is 16.2 Å². The van der Waals surface area contributed by atoms with E-state index in [2.05, 4.69) is 14.4 Å². The zero-order valence-electron chi connectivity index (χ0n) is 11.0. The Bertz CT molecular complexity index is 756. The summed E-state index contributed by atoms with van der Waals surface area (Å²) in [7, 11) is -2.26. The van der Waals surface area contributed by atoms with Gasteiger partial charge in [-0.15, -0.1) is 0 Å². The SMILES string of the molecule is COCCNS(=O)(=O)Nc1nc2ccc(C(=O)O)cc2s1. The molecule has 0 fully saturated rings. The first-order valence-electron chi connectivity index (χ1n) is 5.81. The predicted molar refractivity (Wildman–Crippen MR) is 79.0 cm³/mol. The van der Waals surface area contributed by atoms with Crippen LogP contribution in [0.5, 0.6) is 0 Å². The van der Waals surface area contributed by atoms with Crippen LogP contribution in [-0.4, -0.2) is 44.7 Å². The van der Waals surface area contributed by atoms with Crippen molar-refractivity contribution in [2.24, 2.45) is 0 Å². The van der Waals surface area contributed by atoms with Crippen LogP contribution in [0.2, 0.25) is 0 Å². The van der Waals surface area contributed by atoms with E-state index in [0.717, 1.165) is 11.3 Å². The highest BCUT2D eigenvalue weighted by atomic mass is 32.2. The van der Waals surface area contributed by atoms with Gasteiger partial charge in [0.15, 0.2) is 5.13 Å². The van der Waals surface area contributed by atoms with Crippen LogP contribution >= 0.6 is 11.3 Å². The molecular formula is C11H13N3O5S2. The molecule has 2 rings (SSSR count). The number of ether oxygens (including phenoxy) is 1. The lowest BCUT2D eigenvalue weighted by atomic mass is 10.2. The van der Waals surface area contributed by atoms with Crippen LogP contribution in [0.3, 0.4) is 0 Å². The van der Waals surface area contributed by atoms with E-state index in [9.17, 15) is 13.2 Å². The molecule has 10 heteroatoms. The Balaban J connectivity index is 2.17. The number of benzene rings is 1. The summed E-state index contributed by atoms with van der Waals surface area (Å²) in [5.74, 6) is -1.05. The summed E-state index contributed by atoms with van der Waals surface area (Å²) < 4.78 is 33.4. The smallest absolute Gasteiger partial charge is 0.335 e. The summed E-state index contributed by atoms with van der Waals surface area (Å²) in [5, 5.41) is 9.07. The molecule has 0 bridgehead atoms. The maximum Gasteiger partial charge on any atom is 0.335 e. The first-order chi connectivity index (χ1) is 9.91. The van der Waals surface area contributed by atoms with Crippen LogP contribution in [-0.2, 0) is 14.9 Å². The number of methoxy groups -OCH3 is 1. The van der Waals surface area contributed by atoms with Gasteiger partial charge in [-0.3, -0.25) is 0 Å². The highest BCUT2D eigenvalue weighted by Gasteiger charge is 2.13. The van der Waals surface area contributed by atoms with Crippen LogP contribution in [0.25, 0.3) is 10.2 Å². The number of anilines is 1. The van der Waals surface area contributed by atoms with Crippen molar-refractivity contribution in [3.05, 3.63) is 23.8 Å². The number of nitrogens with zero attached hydrogens (tertiary/aromatic N) is 1. The normalized spacial score (nSPS) is 11.7. The molecule has 0 spiro atoms. The van der Waals surface area contributed by atoms with Crippen molar-refractivity contribution in [2.75, 3.05) is 25.0 Å². The zero-order chi connectivity index (χ0) is 15.5. The molecule has 0 aliphatic carbocycles. The fraction of sp³-hybridized carbons (Fsp3) is 0.273. The minimum atomic E-state index is -3.73. The number of carboxylic acid groups (broad SMARTS) is 1. The summed E-state index contributed by atoms with van der Waals surface area (Å²) in [6.07, 6.45) is 0. The quantitative estimate of drug-likeness (QED) is 0.649. The highest BCUT2D eigenvalue weighted by molar-refractivity contribution is 7.91. The van der Waals surface area contributed by atoms with E-state index in [1.807, 2.05) is 0 Å². The molecule has 0 radical (unpaired) electrons. The van der Waals surface area contributed by atoms with Gasteiger partial charge in [0.1, 0.15) is 0 Å². The molecule has 0 aliphatic rings. The topological polar surface area (TPSA) is 118 Å². The Morgan fingerprint density at radius 3 is 2.90 bits per heavy atom. The average molecular weight is 331 g/mol. The van der Waals surface area contributed by atoms with Gasteiger partial charge in [0, 0.05) is 13.7 Å². The van der Waals surface area contributed by atoms with Crippen LogP contribution in [0.15, 0.2) is 18.2 Å². The van der Waals surface area contributed by atoms with Crippen molar-refractivity contribution in [3.63, 3.8) is 0 Å². The van der Waals surface area contributed by atoms with Gasteiger partial charge in [0.2, 0.25) is 0 Å². The third kappa shape index (κ3) is 4.11. The fourth-order valence-electron chi connectivity index (χ4n) is 1.53. The van der Waals surface area contributed by atoms with Gasteiger partial charge in [0.05, 0.1) is 22.4 Å². The highest BCUT2D eigenvalue weighted by Crippen LogP contribution is 2.27. The molecule has 1 aromatic heterocycles. The van der Waals surface area contributed by atoms with Crippen LogP contribution in [0.4, 0.5) is 5.13 Å². The van der Waals surface area contributed by atoms with Crippen molar-refractivity contribution < 1.29 is 23.1 Å². The first-order valence-corrected chi connectivity index (χ1v) is 8.11. The lowest BCUT2D eigenvalue weighted by Gasteiger charge is -2.05. The largest absolute Gasteiger partial charge is 0.478 e. The van der Waals surface area contributed by atoms with E-state index < -0.39 is 16.2 Å². The monoisotopic (exact) mass is 331 g/mol. The summed E-state index contributed by atoms with van der Waals surface area (Å²) >= 11 is 1.06. The van der Waals surface area contributed by atoms with Crippen molar-refractivity contribution >= 4 is 42.9 Å². The minimum absolute atomic E-state index is 0.124. The molecule has 3 N–H and O–H groups in total. The number of thiazole rings is 1. The zero-order valence-corrected chi connectivity index (χ0v) is 12.6. The second-order valence-corrected chi connectivity index (χ2v) is 6.53. The number of rotatable bonds is 7. The number of carboxylic acids is 1. The Hall–Kier alpha value is -1.75. The Labute approximate surface area is 124 Å². The van der Waals surface area contributed by atoms with Crippen molar-refractivity contribution in [1.29, 1.82) is 0 Å². The summed E-state index contributed by atoms with van der Waals surface area (Å²) in [5.41, 5.74) is 0.651. The predicted octanol–water partition coefficient (Wildman–Crippen LogP) is 0.887. The molecule has 1 aromatic carbocycles. The standard InChI is InChI=1S/C11H13N3O5S2/c1-19-5-4-12-21(17,18)14-11-13-8-3-2-7(10(15)16)6-9(8)20-11/h2-3,6,12H,4-5H2,1H3,(H,13,14)(H,15,16). The van der Waals surface area contributed by atoms with E-state index >= 15 is 0 Å². The van der Waals surface area contributed by atoms with Crippen LogP contribution in [0, 0.1) is 0 Å². The summed E-state index contributed by atoms with van der Waals surface area (Å²) in [4.78, 5) is 15.0. The summed E-state index contributed by atoms with van der Waals surface area (Å²) in [6.45, 7) is 0.391. The van der Waals surface area contributed by atoms with Gasteiger partial charge in [-0.05, 0) is 18.2 Å². The molecular weight excluding hydrogens is 318 g/mol. The molecule has 0 amide bonds. The van der Waals surface area contributed by atoms with E-state index in [0.29, 0.717) is 10.2 Å². The second kappa shape index (κ2) is 6.35. The molecule has 0 saturated heterocycles. The third-order valence-corrected chi connectivity index (χ3v) is 4.56. The van der Waals surface area contributed by atoms with E-state index in [1.54, 1.807) is 0 Å². The number of hydrogen-bond donors (Lipinski definition) is 3.